The molecule has 5 aromatic rings. The first-order valence-electron chi connectivity index (χ1n) is 21.9. The summed E-state index contributed by atoms with van der Waals surface area (Å²) in [7, 11) is 1.65. The quantitative estimate of drug-likeness (QED) is 0.202. The molecule has 11 rings (SSSR count). The van der Waals surface area contributed by atoms with Crippen LogP contribution >= 0.6 is 11.6 Å². The van der Waals surface area contributed by atoms with E-state index in [1.165, 1.54) is 0 Å². The van der Waals surface area contributed by atoms with Crippen LogP contribution in [0, 0.1) is 0 Å². The Balaban J connectivity index is 0.000000157. The third-order valence-electron chi connectivity index (χ3n) is 12.6. The highest BCUT2D eigenvalue weighted by Gasteiger charge is 2.53. The molecular formula is C47H51ClN10O7. The van der Waals surface area contributed by atoms with E-state index in [0.717, 1.165) is 87.5 Å². The van der Waals surface area contributed by atoms with Gasteiger partial charge in [-0.25, -0.2) is 14.6 Å². The first-order valence-corrected chi connectivity index (χ1v) is 22.3. The summed E-state index contributed by atoms with van der Waals surface area (Å²) < 4.78 is 19.8. The molecule has 2 saturated heterocycles. The lowest BCUT2D eigenvalue weighted by atomic mass is 9.86. The van der Waals surface area contributed by atoms with Gasteiger partial charge in [0.05, 0.1) is 74.5 Å². The van der Waals surface area contributed by atoms with Crippen LogP contribution in [0.15, 0.2) is 48.8 Å². The summed E-state index contributed by atoms with van der Waals surface area (Å²) in [6.45, 7) is 13.7. The summed E-state index contributed by atoms with van der Waals surface area (Å²) in [5.74, 6) is 0.520. The normalized spacial score (nSPS) is 18.2. The Morgan fingerprint density at radius 1 is 0.662 bits per heavy atom. The molecule has 338 valence electrons. The third kappa shape index (κ3) is 7.72. The Hall–Kier alpha value is -6.49. The number of benzene rings is 1. The van der Waals surface area contributed by atoms with Crippen molar-refractivity contribution in [1.82, 2.24) is 50.0 Å². The molecule has 2 aliphatic carbocycles. The molecule has 0 atom stereocenters. The van der Waals surface area contributed by atoms with Gasteiger partial charge in [0.25, 0.3) is 11.8 Å². The second-order valence-electron chi connectivity index (χ2n) is 19.9. The Labute approximate surface area is 380 Å². The maximum Gasteiger partial charge on any atom is 0.410 e. The van der Waals surface area contributed by atoms with Gasteiger partial charge in [-0.15, -0.1) is 0 Å². The van der Waals surface area contributed by atoms with Crippen molar-refractivity contribution >= 4 is 35.6 Å². The molecule has 0 saturated carbocycles. The molecule has 8 heterocycles. The lowest BCUT2D eigenvalue weighted by Crippen LogP contribution is -2.75. The lowest BCUT2D eigenvalue weighted by molar-refractivity contribution is -0.0233. The van der Waals surface area contributed by atoms with Crippen LogP contribution in [0.25, 0.3) is 33.8 Å². The van der Waals surface area contributed by atoms with Gasteiger partial charge in [0, 0.05) is 40.2 Å². The number of nitrogens with zero attached hydrogens (tertiary/aromatic N) is 8. The number of nitrogens with one attached hydrogen (secondary N) is 2. The maximum atomic E-state index is 13.3. The monoisotopic (exact) mass is 902 g/mol. The molecule has 6 aliphatic rings. The van der Waals surface area contributed by atoms with Crippen LogP contribution in [0.2, 0.25) is 5.15 Å². The number of hydrogen-bond acceptors (Lipinski definition) is 11. The van der Waals surface area contributed by atoms with Gasteiger partial charge in [-0.2, -0.15) is 10.2 Å². The molecule has 4 aromatic heterocycles. The maximum absolute atomic E-state index is 13.3. The van der Waals surface area contributed by atoms with Crippen LogP contribution in [0.1, 0.15) is 84.8 Å². The minimum absolute atomic E-state index is 0.133. The van der Waals surface area contributed by atoms with E-state index in [2.05, 4.69) is 26.7 Å². The number of likely N-dealkylation sites (tertiary alicyclic amines) is 2. The van der Waals surface area contributed by atoms with Crippen LogP contribution in [-0.4, -0.2) is 119 Å². The summed E-state index contributed by atoms with van der Waals surface area (Å²) >= 11 is 6.09. The standard InChI is InChI=1S/C27H29N5O4.C20H22ClN5O3/c1-26(2,3)36-25(34)31-13-27(14-31)15-32-23(24(33)29-27)19-10-7-17-12-28-21(11-20(17)22(19)30-32)16-5-8-18(35-4)9-6-16;1-19(2,3)29-18(28)25-8-20(9-25)10-26-16(17(27)23-20)12-5-4-11-7-22-14(21)6-13(11)15(12)24-26/h5-6,8-9,11-12H,7,10,13-15H2,1-4H3,(H,29,33);6-7H,4-5,8-10H2,1-3H3,(H,23,27). The summed E-state index contributed by atoms with van der Waals surface area (Å²) in [6.07, 6.45) is 6.07. The molecule has 4 aliphatic heterocycles. The van der Waals surface area contributed by atoms with E-state index < -0.39 is 22.3 Å². The third-order valence-corrected chi connectivity index (χ3v) is 12.8. The van der Waals surface area contributed by atoms with E-state index in [1.54, 1.807) is 27.8 Å². The first kappa shape index (κ1) is 42.5. The predicted octanol–water partition coefficient (Wildman–Crippen LogP) is 5.88. The molecule has 0 unspecified atom stereocenters. The van der Waals surface area contributed by atoms with Gasteiger partial charge in [-0.1, -0.05) is 11.6 Å². The minimum atomic E-state index is -0.559. The summed E-state index contributed by atoms with van der Waals surface area (Å²) in [4.78, 5) is 63.0. The number of methoxy groups -OCH3 is 1. The fraction of sp³-hybridized carbons (Fsp3) is 0.447. The van der Waals surface area contributed by atoms with Gasteiger partial charge in [0.1, 0.15) is 33.5 Å². The number of carbonyl (C=O) groups excluding carboxylic acids is 4. The zero-order valence-corrected chi connectivity index (χ0v) is 38.3. The van der Waals surface area contributed by atoms with Crippen molar-refractivity contribution in [2.75, 3.05) is 33.3 Å². The number of ether oxygens (including phenoxy) is 3. The molecule has 1 aromatic carbocycles. The van der Waals surface area contributed by atoms with Crippen LogP contribution in [-0.2, 0) is 48.2 Å². The highest BCUT2D eigenvalue weighted by atomic mass is 35.5. The molecule has 65 heavy (non-hydrogen) atoms. The average Bonchev–Trinajstić information content (AvgIpc) is 3.80. The van der Waals surface area contributed by atoms with E-state index in [-0.39, 0.29) is 24.0 Å². The molecule has 0 radical (unpaired) electrons. The number of aromatic nitrogens is 6. The summed E-state index contributed by atoms with van der Waals surface area (Å²) in [5, 5.41) is 16.4. The van der Waals surface area contributed by atoms with Crippen LogP contribution in [0.3, 0.4) is 0 Å². The number of amides is 4. The molecule has 2 N–H and O–H groups in total. The second-order valence-corrected chi connectivity index (χ2v) is 20.3. The Bertz CT molecular complexity index is 2810. The molecule has 0 bridgehead atoms. The van der Waals surface area contributed by atoms with Crippen molar-refractivity contribution in [2.45, 2.75) is 103 Å². The molecule has 18 heteroatoms. The molecular weight excluding hydrogens is 852 g/mol. The SMILES string of the molecule is CC(C)(C)OC(=O)N1CC2(C1)Cn1nc3c(c1C(=O)N2)CCc1cnc(Cl)cc1-3.COc1ccc(-c2cc3c(cn2)CCc2c-3nn3c2C(=O)NC2(CN(C(=O)OC(C)(C)C)C2)C3)cc1. The van der Waals surface area contributed by atoms with E-state index in [1.807, 2.05) is 82.8 Å². The average molecular weight is 903 g/mol. The Kier molecular flexibility index (Phi) is 9.82. The zero-order valence-electron chi connectivity index (χ0n) is 37.5. The molecule has 4 amide bonds. The zero-order chi connectivity index (χ0) is 45.8. The van der Waals surface area contributed by atoms with Gasteiger partial charge in [0.15, 0.2) is 0 Å². The number of aryl methyl sites for hydroxylation is 2. The van der Waals surface area contributed by atoms with Crippen LogP contribution in [0.5, 0.6) is 5.75 Å². The smallest absolute Gasteiger partial charge is 0.410 e. The van der Waals surface area contributed by atoms with Crippen LogP contribution in [0.4, 0.5) is 9.59 Å². The Morgan fingerprint density at radius 3 is 1.58 bits per heavy atom. The van der Waals surface area contributed by atoms with Gasteiger partial charge < -0.3 is 34.6 Å². The highest BCUT2D eigenvalue weighted by Crippen LogP contribution is 2.41. The number of pyridine rings is 2. The van der Waals surface area contributed by atoms with Gasteiger partial charge in [-0.3, -0.25) is 23.9 Å². The molecule has 2 spiro atoms. The summed E-state index contributed by atoms with van der Waals surface area (Å²) in [5.41, 5.74) is 8.70. The van der Waals surface area contributed by atoms with Crippen LogP contribution < -0.4 is 15.4 Å². The van der Waals surface area contributed by atoms with E-state index in [0.29, 0.717) is 55.8 Å². The van der Waals surface area contributed by atoms with Crippen molar-refractivity contribution in [3.05, 3.63) is 87.6 Å². The number of carbonyl (C=O) groups is 4. The first-order chi connectivity index (χ1) is 30.8. The topological polar surface area (TPSA) is 188 Å². The number of halogens is 1. The van der Waals surface area contributed by atoms with Crippen molar-refractivity contribution < 1.29 is 33.4 Å². The Morgan fingerprint density at radius 2 is 1.12 bits per heavy atom. The number of hydrogen-bond donors (Lipinski definition) is 2. The predicted molar refractivity (Wildman–Crippen MR) is 239 cm³/mol. The molecule has 2 fully saturated rings. The van der Waals surface area contributed by atoms with Crippen molar-refractivity contribution in [2.24, 2.45) is 0 Å². The number of fused-ring (bicyclic) bond motifs is 10. The highest BCUT2D eigenvalue weighted by molar-refractivity contribution is 6.29. The lowest BCUT2D eigenvalue weighted by Gasteiger charge is -2.51. The largest absolute Gasteiger partial charge is 0.497 e. The number of rotatable bonds is 2. The fourth-order valence-corrected chi connectivity index (χ4v) is 9.91. The summed E-state index contributed by atoms with van der Waals surface area (Å²) in [6, 6.07) is 11.7. The van der Waals surface area contributed by atoms with E-state index in [4.69, 9.17) is 36.0 Å². The van der Waals surface area contributed by atoms with Crippen molar-refractivity contribution in [3.63, 3.8) is 0 Å². The van der Waals surface area contributed by atoms with Gasteiger partial charge >= 0.3 is 12.2 Å². The van der Waals surface area contributed by atoms with E-state index in [9.17, 15) is 19.2 Å². The molecule has 17 nitrogen and oxygen atoms in total. The van der Waals surface area contributed by atoms with Crippen molar-refractivity contribution in [3.8, 4) is 39.5 Å². The minimum Gasteiger partial charge on any atom is -0.497 e. The van der Waals surface area contributed by atoms with Gasteiger partial charge in [-0.05, 0) is 115 Å². The second kappa shape index (κ2) is 15.0. The fourth-order valence-electron chi connectivity index (χ4n) is 9.75. The van der Waals surface area contributed by atoms with E-state index >= 15 is 0 Å². The van der Waals surface area contributed by atoms with Gasteiger partial charge in [0.2, 0.25) is 0 Å². The van der Waals surface area contributed by atoms with Crippen molar-refractivity contribution in [1.29, 1.82) is 0 Å².